The van der Waals surface area contributed by atoms with Crippen LogP contribution in [-0.2, 0) is 0 Å². The largest absolute Gasteiger partial charge is 0.370 e. The molecule has 0 spiro atoms. The molecule has 1 fully saturated rings. The molecule has 5 heteroatoms. The van der Waals surface area contributed by atoms with E-state index >= 15 is 0 Å². The van der Waals surface area contributed by atoms with Crippen LogP contribution in [0.5, 0.6) is 0 Å². The van der Waals surface area contributed by atoms with Crippen molar-refractivity contribution < 1.29 is 4.39 Å². The Hall–Kier alpha value is -2.69. The number of aryl methyl sites for hydroxylation is 1. The molecule has 0 atom stereocenters. The monoisotopic (exact) mass is 336 g/mol. The molecule has 1 saturated heterocycles. The van der Waals surface area contributed by atoms with Gasteiger partial charge in [-0.3, -0.25) is 0 Å². The van der Waals surface area contributed by atoms with Gasteiger partial charge in [0.1, 0.15) is 5.82 Å². The number of hydrogen-bond donors (Lipinski definition) is 0. The average Bonchev–Trinajstić information content (AvgIpc) is 2.88. The number of anilines is 2. The summed E-state index contributed by atoms with van der Waals surface area (Å²) in [5.74, 6) is 0.780. The lowest BCUT2D eigenvalue weighted by molar-refractivity contribution is 0.627. The van der Waals surface area contributed by atoms with Gasteiger partial charge in [0.2, 0.25) is 0 Å². The fourth-order valence-corrected chi connectivity index (χ4v) is 3.42. The van der Waals surface area contributed by atoms with Gasteiger partial charge in [0, 0.05) is 31.9 Å². The smallest absolute Gasteiger partial charge is 0.150 e. The summed E-state index contributed by atoms with van der Waals surface area (Å²) in [7, 11) is 0. The highest BCUT2D eigenvalue weighted by atomic mass is 19.1. The van der Waals surface area contributed by atoms with E-state index in [2.05, 4.69) is 9.80 Å². The van der Waals surface area contributed by atoms with Crippen LogP contribution in [0.15, 0.2) is 48.5 Å². The minimum Gasteiger partial charge on any atom is -0.370 e. The van der Waals surface area contributed by atoms with Crippen molar-refractivity contribution in [2.45, 2.75) is 13.3 Å². The maximum atomic E-state index is 13.1. The van der Waals surface area contributed by atoms with E-state index in [9.17, 15) is 4.39 Å². The van der Waals surface area contributed by atoms with E-state index in [-0.39, 0.29) is 5.82 Å². The zero-order valence-electron chi connectivity index (χ0n) is 14.3. The zero-order chi connectivity index (χ0) is 17.2. The van der Waals surface area contributed by atoms with Crippen LogP contribution in [0.2, 0.25) is 0 Å². The second-order valence-corrected chi connectivity index (χ2v) is 6.43. The van der Waals surface area contributed by atoms with E-state index < -0.39 is 0 Å². The van der Waals surface area contributed by atoms with E-state index in [0.717, 1.165) is 60.8 Å². The molecule has 1 aromatic heterocycles. The van der Waals surface area contributed by atoms with E-state index in [1.807, 2.05) is 43.3 Å². The lowest BCUT2D eigenvalue weighted by Gasteiger charge is -2.25. The molecule has 25 heavy (non-hydrogen) atoms. The Morgan fingerprint density at radius 1 is 0.800 bits per heavy atom. The summed E-state index contributed by atoms with van der Waals surface area (Å²) in [6.45, 7) is 5.70. The van der Waals surface area contributed by atoms with Crippen LogP contribution in [0.1, 0.15) is 12.1 Å². The Balaban J connectivity index is 1.56. The van der Waals surface area contributed by atoms with E-state index in [1.165, 1.54) is 12.1 Å². The van der Waals surface area contributed by atoms with E-state index in [1.54, 1.807) is 0 Å². The third kappa shape index (κ3) is 3.27. The summed E-state index contributed by atoms with van der Waals surface area (Å²) in [5.41, 5.74) is 3.91. The SMILES string of the molecule is Cc1nc2ccccc2nc1N1CCCN(c2ccc(F)cc2)CC1. The molecule has 1 aliphatic heterocycles. The summed E-state index contributed by atoms with van der Waals surface area (Å²) in [5, 5.41) is 0. The van der Waals surface area contributed by atoms with Crippen LogP contribution < -0.4 is 9.80 Å². The minimum atomic E-state index is -0.192. The maximum absolute atomic E-state index is 13.1. The number of halogens is 1. The highest BCUT2D eigenvalue weighted by Crippen LogP contribution is 2.23. The molecule has 4 nitrogen and oxygen atoms in total. The number of benzene rings is 2. The van der Waals surface area contributed by atoms with Crippen LogP contribution in [0.4, 0.5) is 15.9 Å². The lowest BCUT2D eigenvalue weighted by Crippen LogP contribution is -2.31. The summed E-state index contributed by atoms with van der Waals surface area (Å²) < 4.78 is 13.1. The molecule has 0 aliphatic carbocycles. The second kappa shape index (κ2) is 6.67. The van der Waals surface area contributed by atoms with Crippen molar-refractivity contribution >= 4 is 22.5 Å². The van der Waals surface area contributed by atoms with Crippen LogP contribution in [0.25, 0.3) is 11.0 Å². The summed E-state index contributed by atoms with van der Waals surface area (Å²) >= 11 is 0. The van der Waals surface area contributed by atoms with Crippen LogP contribution in [0.3, 0.4) is 0 Å². The van der Waals surface area contributed by atoms with Gasteiger partial charge in [0.25, 0.3) is 0 Å². The molecule has 0 N–H and O–H groups in total. The molecule has 2 heterocycles. The Morgan fingerprint density at radius 3 is 2.20 bits per heavy atom. The van der Waals surface area contributed by atoms with E-state index in [0.29, 0.717) is 0 Å². The van der Waals surface area contributed by atoms with Gasteiger partial charge in [-0.15, -0.1) is 0 Å². The lowest BCUT2D eigenvalue weighted by atomic mass is 10.2. The average molecular weight is 336 g/mol. The number of rotatable bonds is 2. The third-order valence-corrected chi connectivity index (χ3v) is 4.71. The molecular weight excluding hydrogens is 315 g/mol. The summed E-state index contributed by atoms with van der Waals surface area (Å²) in [4.78, 5) is 14.2. The molecule has 0 radical (unpaired) electrons. The summed E-state index contributed by atoms with van der Waals surface area (Å²) in [6, 6.07) is 14.7. The molecule has 4 rings (SSSR count). The highest BCUT2D eigenvalue weighted by molar-refractivity contribution is 5.76. The first-order valence-corrected chi connectivity index (χ1v) is 8.69. The van der Waals surface area contributed by atoms with Gasteiger partial charge in [-0.25, -0.2) is 14.4 Å². The first-order valence-electron chi connectivity index (χ1n) is 8.69. The molecule has 3 aromatic rings. The van der Waals surface area contributed by atoms with Crippen LogP contribution in [0, 0.1) is 12.7 Å². The maximum Gasteiger partial charge on any atom is 0.150 e. The van der Waals surface area contributed by atoms with Crippen LogP contribution >= 0.6 is 0 Å². The van der Waals surface area contributed by atoms with Crippen molar-refractivity contribution in [1.29, 1.82) is 0 Å². The van der Waals surface area contributed by atoms with Crippen molar-refractivity contribution in [3.05, 3.63) is 60.0 Å². The zero-order valence-corrected chi connectivity index (χ0v) is 14.3. The standard InChI is InChI=1S/C20H21FN4/c1-15-20(23-19-6-3-2-5-18(19)22-15)25-12-4-11-24(13-14-25)17-9-7-16(21)8-10-17/h2-3,5-10H,4,11-14H2,1H3. The molecule has 1 aliphatic rings. The van der Waals surface area contributed by atoms with Gasteiger partial charge in [0.05, 0.1) is 16.7 Å². The van der Waals surface area contributed by atoms with Crippen molar-refractivity contribution in [2.75, 3.05) is 36.0 Å². The predicted molar refractivity (Wildman–Crippen MR) is 99.7 cm³/mol. The number of fused-ring (bicyclic) bond motifs is 1. The topological polar surface area (TPSA) is 32.3 Å². The third-order valence-electron chi connectivity index (χ3n) is 4.71. The molecule has 128 valence electrons. The Labute approximate surface area is 146 Å². The van der Waals surface area contributed by atoms with Crippen molar-refractivity contribution in [1.82, 2.24) is 9.97 Å². The highest BCUT2D eigenvalue weighted by Gasteiger charge is 2.19. The van der Waals surface area contributed by atoms with Gasteiger partial charge < -0.3 is 9.80 Å². The van der Waals surface area contributed by atoms with Gasteiger partial charge >= 0.3 is 0 Å². The first-order chi connectivity index (χ1) is 12.2. The number of nitrogens with zero attached hydrogens (tertiary/aromatic N) is 4. The van der Waals surface area contributed by atoms with Gasteiger partial charge in [-0.05, 0) is 49.7 Å². The van der Waals surface area contributed by atoms with Crippen LogP contribution in [-0.4, -0.2) is 36.1 Å². The van der Waals surface area contributed by atoms with Gasteiger partial charge in [-0.2, -0.15) is 0 Å². The Bertz CT molecular complexity index is 879. The number of hydrogen-bond acceptors (Lipinski definition) is 4. The fourth-order valence-electron chi connectivity index (χ4n) is 3.42. The first kappa shape index (κ1) is 15.8. The van der Waals surface area contributed by atoms with Gasteiger partial charge in [-0.1, -0.05) is 12.1 Å². The fraction of sp³-hybridized carbons (Fsp3) is 0.300. The molecule has 0 bridgehead atoms. The number of aromatic nitrogens is 2. The molecular formula is C20H21FN4. The van der Waals surface area contributed by atoms with Crippen molar-refractivity contribution in [3.8, 4) is 0 Å². The molecule has 2 aromatic carbocycles. The normalized spacial score (nSPS) is 15.4. The molecule has 0 unspecified atom stereocenters. The van der Waals surface area contributed by atoms with Gasteiger partial charge in [0.15, 0.2) is 5.82 Å². The quantitative estimate of drug-likeness (QED) is 0.713. The van der Waals surface area contributed by atoms with Crippen molar-refractivity contribution in [3.63, 3.8) is 0 Å². The second-order valence-electron chi connectivity index (χ2n) is 6.43. The summed E-state index contributed by atoms with van der Waals surface area (Å²) in [6.07, 6.45) is 1.03. The number of para-hydroxylation sites is 2. The molecule has 0 amide bonds. The Kier molecular flexibility index (Phi) is 4.22. The predicted octanol–water partition coefficient (Wildman–Crippen LogP) is 3.79. The molecule has 0 saturated carbocycles. The van der Waals surface area contributed by atoms with E-state index in [4.69, 9.17) is 9.97 Å². The Morgan fingerprint density at radius 2 is 1.44 bits per heavy atom. The van der Waals surface area contributed by atoms with Crippen molar-refractivity contribution in [2.24, 2.45) is 0 Å². The minimum absolute atomic E-state index is 0.192.